The van der Waals surface area contributed by atoms with E-state index >= 15 is 0 Å². The summed E-state index contributed by atoms with van der Waals surface area (Å²) in [4.78, 5) is 32.1. The normalized spacial score (nSPS) is 11.6. The van der Waals surface area contributed by atoms with Gasteiger partial charge in [-0.3, -0.25) is 14.4 Å². The highest BCUT2D eigenvalue weighted by Gasteiger charge is 2.16. The fourth-order valence-corrected chi connectivity index (χ4v) is 0.958. The monoisotopic (exact) mass is 232 g/mol. The van der Waals surface area contributed by atoms with Crippen LogP contribution in [0, 0.1) is 0 Å². The zero-order chi connectivity index (χ0) is 12.6. The van der Waals surface area contributed by atoms with E-state index < -0.39 is 24.3 Å². The maximum Gasteiger partial charge on any atom is 0.305 e. The molecule has 1 amide bonds. The lowest BCUT2D eigenvalue weighted by Gasteiger charge is -2.09. The predicted octanol–water partition coefficient (Wildman–Crippen LogP) is -1.14. The van der Waals surface area contributed by atoms with E-state index in [2.05, 4.69) is 10.1 Å². The molecule has 0 fully saturated rings. The molecule has 0 aliphatic heterocycles. The van der Waals surface area contributed by atoms with Crippen LogP contribution in [-0.4, -0.2) is 42.6 Å². The van der Waals surface area contributed by atoms with E-state index in [1.165, 1.54) is 7.11 Å². The molecule has 0 rings (SSSR count). The van der Waals surface area contributed by atoms with Gasteiger partial charge in [-0.05, 0) is 6.42 Å². The van der Waals surface area contributed by atoms with E-state index in [1.807, 2.05) is 0 Å². The molecule has 7 heteroatoms. The molecule has 1 atom stereocenters. The molecule has 0 aliphatic rings. The molecule has 0 bridgehead atoms. The van der Waals surface area contributed by atoms with Crippen molar-refractivity contribution in [2.75, 3.05) is 13.7 Å². The summed E-state index contributed by atoms with van der Waals surface area (Å²) in [6, 6.07) is -1.06. The topological polar surface area (TPSA) is 119 Å². The third-order valence-corrected chi connectivity index (χ3v) is 1.82. The quantitative estimate of drug-likeness (QED) is 0.377. The summed E-state index contributed by atoms with van der Waals surface area (Å²) in [5, 5.41) is 10.8. The van der Waals surface area contributed by atoms with Crippen molar-refractivity contribution in [2.24, 2.45) is 5.73 Å². The Labute approximate surface area is 92.9 Å². The Morgan fingerprint density at radius 1 is 1.44 bits per heavy atom. The molecule has 0 heterocycles. The van der Waals surface area contributed by atoms with E-state index in [1.54, 1.807) is 0 Å². The molecular formula is C9H16N2O5. The molecule has 0 saturated carbocycles. The van der Waals surface area contributed by atoms with Gasteiger partial charge in [0.25, 0.3) is 0 Å². The van der Waals surface area contributed by atoms with Crippen molar-refractivity contribution in [3.63, 3.8) is 0 Å². The largest absolute Gasteiger partial charge is 0.481 e. The van der Waals surface area contributed by atoms with Crippen LogP contribution >= 0.6 is 0 Å². The van der Waals surface area contributed by atoms with Crippen LogP contribution in [0.1, 0.15) is 19.3 Å². The number of rotatable bonds is 7. The Balaban J connectivity index is 3.65. The maximum absolute atomic E-state index is 11.2. The SMILES string of the molecule is COC(=O)CCCNC(=O)C(N)CC(=O)O. The highest BCUT2D eigenvalue weighted by atomic mass is 16.5. The number of amides is 1. The Bertz CT molecular complexity index is 267. The van der Waals surface area contributed by atoms with Crippen LogP contribution in [0.25, 0.3) is 0 Å². The number of ether oxygens (including phenoxy) is 1. The van der Waals surface area contributed by atoms with Crippen molar-refractivity contribution >= 4 is 17.8 Å². The standard InChI is InChI=1S/C9H16N2O5/c1-16-8(14)3-2-4-11-9(15)6(10)5-7(12)13/h6H,2-5,10H2,1H3,(H,11,15)(H,12,13). The van der Waals surface area contributed by atoms with Gasteiger partial charge in [0.15, 0.2) is 0 Å². The van der Waals surface area contributed by atoms with Crippen LogP contribution in [-0.2, 0) is 19.1 Å². The van der Waals surface area contributed by atoms with Crippen molar-refractivity contribution < 1.29 is 24.2 Å². The summed E-state index contributed by atoms with van der Waals surface area (Å²) in [5.74, 6) is -2.02. The number of hydrogen-bond donors (Lipinski definition) is 3. The minimum atomic E-state index is -1.13. The van der Waals surface area contributed by atoms with Crippen molar-refractivity contribution in [1.82, 2.24) is 5.32 Å². The average molecular weight is 232 g/mol. The molecule has 0 aromatic carbocycles. The number of methoxy groups -OCH3 is 1. The molecule has 7 nitrogen and oxygen atoms in total. The average Bonchev–Trinajstić information content (AvgIpc) is 2.22. The van der Waals surface area contributed by atoms with Gasteiger partial charge in [-0.1, -0.05) is 0 Å². The molecule has 0 saturated heterocycles. The number of aliphatic carboxylic acids is 1. The Kier molecular flexibility index (Phi) is 6.86. The third-order valence-electron chi connectivity index (χ3n) is 1.82. The van der Waals surface area contributed by atoms with Crippen LogP contribution in [0.5, 0.6) is 0 Å². The van der Waals surface area contributed by atoms with Crippen molar-refractivity contribution in [2.45, 2.75) is 25.3 Å². The van der Waals surface area contributed by atoms with Gasteiger partial charge in [-0.25, -0.2) is 0 Å². The Hall–Kier alpha value is -1.63. The van der Waals surface area contributed by atoms with Gasteiger partial charge < -0.3 is 20.9 Å². The Morgan fingerprint density at radius 3 is 2.56 bits per heavy atom. The molecule has 0 aromatic rings. The fourth-order valence-electron chi connectivity index (χ4n) is 0.958. The molecule has 0 radical (unpaired) electrons. The number of nitrogens with one attached hydrogen (secondary N) is 1. The van der Waals surface area contributed by atoms with Crippen molar-refractivity contribution in [1.29, 1.82) is 0 Å². The molecule has 16 heavy (non-hydrogen) atoms. The number of carboxylic acids is 1. The van der Waals surface area contributed by atoms with Crippen molar-refractivity contribution in [3.8, 4) is 0 Å². The van der Waals surface area contributed by atoms with Crippen LogP contribution in [0.2, 0.25) is 0 Å². The first-order valence-corrected chi connectivity index (χ1v) is 4.79. The maximum atomic E-state index is 11.2. The van der Waals surface area contributed by atoms with Crippen LogP contribution in [0.3, 0.4) is 0 Å². The fraction of sp³-hybridized carbons (Fsp3) is 0.667. The lowest BCUT2D eigenvalue weighted by atomic mass is 10.2. The first kappa shape index (κ1) is 14.4. The zero-order valence-corrected chi connectivity index (χ0v) is 9.06. The molecular weight excluding hydrogens is 216 g/mol. The van der Waals surface area contributed by atoms with Crippen LogP contribution in [0.15, 0.2) is 0 Å². The predicted molar refractivity (Wildman–Crippen MR) is 54.5 cm³/mol. The number of carbonyl (C=O) groups is 3. The second kappa shape index (κ2) is 7.63. The first-order chi connectivity index (χ1) is 7.47. The van der Waals surface area contributed by atoms with Gasteiger partial charge in [0.05, 0.1) is 19.6 Å². The molecule has 1 unspecified atom stereocenters. The van der Waals surface area contributed by atoms with Gasteiger partial charge in [-0.2, -0.15) is 0 Å². The minimum Gasteiger partial charge on any atom is -0.481 e. The summed E-state index contributed by atoms with van der Waals surface area (Å²) in [7, 11) is 1.28. The summed E-state index contributed by atoms with van der Waals surface area (Å²) < 4.78 is 4.40. The van der Waals surface area contributed by atoms with E-state index in [0.717, 1.165) is 0 Å². The second-order valence-electron chi connectivity index (χ2n) is 3.18. The highest BCUT2D eigenvalue weighted by Crippen LogP contribution is 1.92. The second-order valence-corrected chi connectivity index (χ2v) is 3.18. The van der Waals surface area contributed by atoms with Gasteiger partial charge in [0, 0.05) is 13.0 Å². The van der Waals surface area contributed by atoms with E-state index in [9.17, 15) is 14.4 Å². The van der Waals surface area contributed by atoms with E-state index in [0.29, 0.717) is 6.42 Å². The van der Waals surface area contributed by atoms with E-state index in [4.69, 9.17) is 10.8 Å². The number of esters is 1. The number of nitrogens with two attached hydrogens (primary N) is 1. The molecule has 92 valence electrons. The number of hydrogen-bond acceptors (Lipinski definition) is 5. The van der Waals surface area contributed by atoms with Crippen molar-refractivity contribution in [3.05, 3.63) is 0 Å². The van der Waals surface area contributed by atoms with Crippen LogP contribution < -0.4 is 11.1 Å². The van der Waals surface area contributed by atoms with Gasteiger partial charge in [0.1, 0.15) is 0 Å². The number of carbonyl (C=O) groups excluding carboxylic acids is 2. The third kappa shape index (κ3) is 6.77. The van der Waals surface area contributed by atoms with Gasteiger partial charge >= 0.3 is 11.9 Å². The molecule has 0 spiro atoms. The molecule has 0 aliphatic carbocycles. The summed E-state index contributed by atoms with van der Waals surface area (Å²) in [6.45, 7) is 0.265. The highest BCUT2D eigenvalue weighted by molar-refractivity contribution is 5.85. The zero-order valence-electron chi connectivity index (χ0n) is 9.06. The van der Waals surface area contributed by atoms with Gasteiger partial charge in [0.2, 0.25) is 5.91 Å². The smallest absolute Gasteiger partial charge is 0.305 e. The van der Waals surface area contributed by atoms with Gasteiger partial charge in [-0.15, -0.1) is 0 Å². The summed E-state index contributed by atoms with van der Waals surface area (Å²) in [5.41, 5.74) is 5.30. The lowest BCUT2D eigenvalue weighted by Crippen LogP contribution is -2.42. The van der Waals surface area contributed by atoms with E-state index in [-0.39, 0.29) is 18.9 Å². The minimum absolute atomic E-state index is 0.199. The first-order valence-electron chi connectivity index (χ1n) is 4.79. The molecule has 4 N–H and O–H groups in total. The number of carboxylic acid groups (broad SMARTS) is 1. The van der Waals surface area contributed by atoms with Crippen LogP contribution in [0.4, 0.5) is 0 Å². The summed E-state index contributed by atoms with van der Waals surface area (Å²) >= 11 is 0. The molecule has 0 aromatic heterocycles. The Morgan fingerprint density at radius 2 is 2.06 bits per heavy atom. The lowest BCUT2D eigenvalue weighted by molar-refractivity contribution is -0.140. The summed E-state index contributed by atoms with van der Waals surface area (Å²) in [6.07, 6.45) is 0.214.